The second kappa shape index (κ2) is 5.73. The summed E-state index contributed by atoms with van der Waals surface area (Å²) < 4.78 is 1.90. The fourth-order valence-corrected chi connectivity index (χ4v) is 2.21. The molecule has 0 saturated heterocycles. The van der Waals surface area contributed by atoms with E-state index in [1.807, 2.05) is 4.68 Å². The van der Waals surface area contributed by atoms with Gasteiger partial charge in [0, 0.05) is 18.1 Å². The van der Waals surface area contributed by atoms with Gasteiger partial charge in [-0.15, -0.1) is 0 Å². The minimum absolute atomic E-state index is 0.645. The topological polar surface area (TPSA) is 69.6 Å². The van der Waals surface area contributed by atoms with Crippen molar-refractivity contribution in [2.45, 2.75) is 33.1 Å². The van der Waals surface area contributed by atoms with Crippen LogP contribution in [-0.2, 0) is 19.3 Å². The van der Waals surface area contributed by atoms with Crippen LogP contribution in [0.5, 0.6) is 0 Å². The maximum Gasteiger partial charge on any atom is 0.172 e. The van der Waals surface area contributed by atoms with Crippen LogP contribution < -0.4 is 5.73 Å². The molecule has 0 aliphatic heterocycles. The zero-order chi connectivity index (χ0) is 13.0. The fourth-order valence-electron chi connectivity index (χ4n) is 2.21. The van der Waals surface area contributed by atoms with Crippen LogP contribution in [0.3, 0.4) is 0 Å². The summed E-state index contributed by atoms with van der Waals surface area (Å²) >= 11 is 0. The summed E-state index contributed by atoms with van der Waals surface area (Å²) in [5, 5.41) is 4.65. The Kier molecular flexibility index (Phi) is 4.04. The standard InChI is InChI=1S/C13H19N5/c1-3-11-10(5-6-14)12(4-2)18(17-11)13-9-15-7-8-16-13/h7-9H,3-6,14H2,1-2H3. The Bertz CT molecular complexity index is 504. The van der Waals surface area contributed by atoms with Crippen LogP contribution in [0.25, 0.3) is 5.82 Å². The van der Waals surface area contributed by atoms with Crippen molar-refractivity contribution in [3.8, 4) is 5.82 Å². The van der Waals surface area contributed by atoms with E-state index in [9.17, 15) is 0 Å². The lowest BCUT2D eigenvalue weighted by atomic mass is 10.1. The van der Waals surface area contributed by atoms with Crippen molar-refractivity contribution in [3.63, 3.8) is 0 Å². The molecule has 2 rings (SSSR count). The Labute approximate surface area is 107 Å². The number of hydrogen-bond donors (Lipinski definition) is 1. The van der Waals surface area contributed by atoms with Crippen molar-refractivity contribution in [3.05, 3.63) is 35.5 Å². The SMILES string of the molecule is CCc1nn(-c2cnccn2)c(CC)c1CCN. The summed E-state index contributed by atoms with van der Waals surface area (Å²) in [4.78, 5) is 8.41. The zero-order valence-corrected chi connectivity index (χ0v) is 10.9. The van der Waals surface area contributed by atoms with Crippen LogP contribution in [0.1, 0.15) is 30.8 Å². The molecule has 0 unspecified atom stereocenters. The lowest BCUT2D eigenvalue weighted by Gasteiger charge is -2.05. The third kappa shape index (κ3) is 2.26. The largest absolute Gasteiger partial charge is 0.330 e. The van der Waals surface area contributed by atoms with E-state index in [4.69, 9.17) is 5.73 Å². The van der Waals surface area contributed by atoms with E-state index in [2.05, 4.69) is 28.9 Å². The summed E-state index contributed by atoms with van der Waals surface area (Å²) in [6.45, 7) is 4.89. The average Bonchev–Trinajstić information content (AvgIpc) is 2.78. The van der Waals surface area contributed by atoms with Crippen LogP contribution in [-0.4, -0.2) is 26.3 Å². The van der Waals surface area contributed by atoms with Crippen LogP contribution >= 0.6 is 0 Å². The molecule has 18 heavy (non-hydrogen) atoms. The maximum atomic E-state index is 5.69. The summed E-state index contributed by atoms with van der Waals surface area (Å²) in [5.74, 6) is 0.771. The van der Waals surface area contributed by atoms with Gasteiger partial charge in [0.2, 0.25) is 0 Å². The number of nitrogens with zero attached hydrogens (tertiary/aromatic N) is 4. The van der Waals surface area contributed by atoms with Crippen LogP contribution in [0.4, 0.5) is 0 Å². The highest BCUT2D eigenvalue weighted by molar-refractivity contribution is 5.33. The molecule has 0 fully saturated rings. The molecule has 0 bridgehead atoms. The average molecular weight is 245 g/mol. The molecule has 2 aromatic heterocycles. The van der Waals surface area contributed by atoms with Crippen molar-refractivity contribution in [1.82, 2.24) is 19.7 Å². The Morgan fingerprint density at radius 1 is 1.22 bits per heavy atom. The van der Waals surface area contributed by atoms with E-state index >= 15 is 0 Å². The van der Waals surface area contributed by atoms with Gasteiger partial charge in [-0.2, -0.15) is 5.10 Å². The predicted molar refractivity (Wildman–Crippen MR) is 70.7 cm³/mol. The third-order valence-electron chi connectivity index (χ3n) is 3.00. The highest BCUT2D eigenvalue weighted by atomic mass is 15.3. The van der Waals surface area contributed by atoms with E-state index in [1.54, 1.807) is 18.6 Å². The molecular weight excluding hydrogens is 226 g/mol. The smallest absolute Gasteiger partial charge is 0.172 e. The second-order valence-corrected chi connectivity index (χ2v) is 4.09. The van der Waals surface area contributed by atoms with Gasteiger partial charge in [0.05, 0.1) is 11.9 Å². The van der Waals surface area contributed by atoms with Gasteiger partial charge in [-0.1, -0.05) is 13.8 Å². The molecule has 0 saturated carbocycles. The highest BCUT2D eigenvalue weighted by Crippen LogP contribution is 2.19. The van der Waals surface area contributed by atoms with E-state index in [0.717, 1.165) is 30.8 Å². The first-order chi connectivity index (χ1) is 8.81. The normalized spacial score (nSPS) is 10.8. The lowest BCUT2D eigenvalue weighted by Crippen LogP contribution is -2.08. The quantitative estimate of drug-likeness (QED) is 0.861. The van der Waals surface area contributed by atoms with Gasteiger partial charge >= 0.3 is 0 Å². The maximum absolute atomic E-state index is 5.69. The first kappa shape index (κ1) is 12.7. The molecule has 0 aromatic carbocycles. The zero-order valence-electron chi connectivity index (χ0n) is 10.9. The van der Waals surface area contributed by atoms with Crippen LogP contribution in [0.2, 0.25) is 0 Å². The minimum atomic E-state index is 0.645. The van der Waals surface area contributed by atoms with Gasteiger partial charge < -0.3 is 5.73 Å². The highest BCUT2D eigenvalue weighted by Gasteiger charge is 2.16. The molecular formula is C13H19N5. The summed E-state index contributed by atoms with van der Waals surface area (Å²) in [6.07, 6.45) is 7.78. The number of rotatable bonds is 5. The van der Waals surface area contributed by atoms with E-state index in [-0.39, 0.29) is 0 Å². The van der Waals surface area contributed by atoms with Gasteiger partial charge in [-0.05, 0) is 31.4 Å². The Balaban J connectivity index is 2.54. The van der Waals surface area contributed by atoms with Gasteiger partial charge in [0.1, 0.15) is 0 Å². The molecule has 0 atom stereocenters. The van der Waals surface area contributed by atoms with Crippen LogP contribution in [0.15, 0.2) is 18.6 Å². The van der Waals surface area contributed by atoms with Gasteiger partial charge in [0.25, 0.3) is 0 Å². The van der Waals surface area contributed by atoms with Crippen molar-refractivity contribution in [2.24, 2.45) is 5.73 Å². The van der Waals surface area contributed by atoms with Crippen LogP contribution in [0, 0.1) is 0 Å². The molecule has 5 heteroatoms. The van der Waals surface area contributed by atoms with Gasteiger partial charge in [-0.25, -0.2) is 9.67 Å². The molecule has 0 amide bonds. The summed E-state index contributed by atoms with van der Waals surface area (Å²) in [6, 6.07) is 0. The molecule has 0 aliphatic rings. The Morgan fingerprint density at radius 2 is 2.06 bits per heavy atom. The second-order valence-electron chi connectivity index (χ2n) is 4.09. The Morgan fingerprint density at radius 3 is 2.61 bits per heavy atom. The Hall–Kier alpha value is -1.75. The molecule has 0 spiro atoms. The summed E-state index contributed by atoms with van der Waals surface area (Å²) in [5.41, 5.74) is 9.27. The number of nitrogens with two attached hydrogens (primary N) is 1. The van der Waals surface area contributed by atoms with Gasteiger partial charge in [0.15, 0.2) is 5.82 Å². The van der Waals surface area contributed by atoms with Crippen molar-refractivity contribution in [1.29, 1.82) is 0 Å². The minimum Gasteiger partial charge on any atom is -0.330 e. The first-order valence-electron chi connectivity index (χ1n) is 6.37. The fraction of sp³-hybridized carbons (Fsp3) is 0.462. The number of hydrogen-bond acceptors (Lipinski definition) is 4. The molecule has 0 radical (unpaired) electrons. The van der Waals surface area contributed by atoms with Gasteiger partial charge in [-0.3, -0.25) is 4.98 Å². The van der Waals surface area contributed by atoms with E-state index in [1.165, 1.54) is 11.3 Å². The first-order valence-corrected chi connectivity index (χ1v) is 6.37. The van der Waals surface area contributed by atoms with E-state index in [0.29, 0.717) is 6.54 Å². The molecule has 2 N–H and O–H groups in total. The molecule has 5 nitrogen and oxygen atoms in total. The van der Waals surface area contributed by atoms with Crippen molar-refractivity contribution < 1.29 is 0 Å². The molecule has 0 aliphatic carbocycles. The van der Waals surface area contributed by atoms with E-state index < -0.39 is 0 Å². The predicted octanol–water partition coefficient (Wildman–Crippen LogP) is 1.29. The molecule has 2 heterocycles. The molecule has 2 aromatic rings. The monoisotopic (exact) mass is 245 g/mol. The molecule has 96 valence electrons. The summed E-state index contributed by atoms with van der Waals surface area (Å²) in [7, 11) is 0. The number of aromatic nitrogens is 4. The third-order valence-corrected chi connectivity index (χ3v) is 3.00. The van der Waals surface area contributed by atoms with Crippen molar-refractivity contribution >= 4 is 0 Å². The number of aryl methyl sites for hydroxylation is 1. The lowest BCUT2D eigenvalue weighted by molar-refractivity contribution is 0.765. The van der Waals surface area contributed by atoms with Crippen molar-refractivity contribution in [2.75, 3.05) is 6.54 Å².